The van der Waals surface area contributed by atoms with Crippen molar-refractivity contribution in [2.45, 2.75) is 38.6 Å². The number of amides is 2. The van der Waals surface area contributed by atoms with Gasteiger partial charge in [0.25, 0.3) is 5.91 Å². The van der Waals surface area contributed by atoms with E-state index in [4.69, 9.17) is 0 Å². The van der Waals surface area contributed by atoms with E-state index in [0.29, 0.717) is 12.1 Å². The standard InChI is InChI=1S/C19H27N3O2.ClH/c1-19(18(24)21-16-8-11-20-12-9-16)10-5-13-22(14-19)17(23)15-6-3-2-4-7-15;/h2-4,6-7,16,20H,5,8-14H2,1H3,(H,21,24);1H. The van der Waals surface area contributed by atoms with Crippen LogP contribution in [0, 0.1) is 5.41 Å². The number of carbonyl (C=O) groups excluding carboxylic acids is 2. The molecule has 1 atom stereocenters. The minimum atomic E-state index is -0.492. The molecule has 2 saturated heterocycles. The zero-order chi connectivity index (χ0) is 17.0. The van der Waals surface area contributed by atoms with Gasteiger partial charge in [0, 0.05) is 24.7 Å². The summed E-state index contributed by atoms with van der Waals surface area (Å²) in [5, 5.41) is 6.52. The highest BCUT2D eigenvalue weighted by atomic mass is 35.5. The van der Waals surface area contributed by atoms with Crippen LogP contribution >= 0.6 is 12.4 Å². The Balaban J connectivity index is 0.00000225. The van der Waals surface area contributed by atoms with Crippen molar-refractivity contribution in [3.63, 3.8) is 0 Å². The van der Waals surface area contributed by atoms with Gasteiger partial charge in [0.2, 0.25) is 5.91 Å². The molecule has 0 aromatic heterocycles. The molecule has 2 N–H and O–H groups in total. The van der Waals surface area contributed by atoms with Crippen LogP contribution in [0.15, 0.2) is 30.3 Å². The highest BCUT2D eigenvalue weighted by Crippen LogP contribution is 2.31. The Labute approximate surface area is 155 Å². The summed E-state index contributed by atoms with van der Waals surface area (Å²) in [6.45, 7) is 5.13. The molecule has 3 rings (SSSR count). The molecule has 2 aliphatic heterocycles. The summed E-state index contributed by atoms with van der Waals surface area (Å²) in [4.78, 5) is 27.3. The maximum Gasteiger partial charge on any atom is 0.253 e. The summed E-state index contributed by atoms with van der Waals surface area (Å²) in [6.07, 6.45) is 3.67. The summed E-state index contributed by atoms with van der Waals surface area (Å²) >= 11 is 0. The fraction of sp³-hybridized carbons (Fsp3) is 0.579. The topological polar surface area (TPSA) is 61.4 Å². The van der Waals surface area contributed by atoms with Crippen LogP contribution in [-0.2, 0) is 4.79 Å². The molecule has 1 unspecified atom stereocenters. The van der Waals surface area contributed by atoms with Gasteiger partial charge in [-0.1, -0.05) is 18.2 Å². The fourth-order valence-corrected chi connectivity index (χ4v) is 3.69. The Morgan fingerprint density at radius 2 is 1.88 bits per heavy atom. The van der Waals surface area contributed by atoms with E-state index < -0.39 is 5.41 Å². The van der Waals surface area contributed by atoms with Crippen molar-refractivity contribution in [3.8, 4) is 0 Å². The molecule has 0 spiro atoms. The molecule has 25 heavy (non-hydrogen) atoms. The van der Waals surface area contributed by atoms with Gasteiger partial charge in [-0.05, 0) is 57.8 Å². The summed E-state index contributed by atoms with van der Waals surface area (Å²) in [6, 6.07) is 9.59. The van der Waals surface area contributed by atoms with Gasteiger partial charge < -0.3 is 15.5 Å². The molecule has 1 aromatic carbocycles. The lowest BCUT2D eigenvalue weighted by atomic mass is 9.80. The van der Waals surface area contributed by atoms with E-state index in [1.807, 2.05) is 42.2 Å². The zero-order valence-corrected chi connectivity index (χ0v) is 15.6. The average Bonchev–Trinajstić information content (AvgIpc) is 2.63. The number of halogens is 1. The molecule has 1 aromatic rings. The molecule has 2 aliphatic rings. The Kier molecular flexibility index (Phi) is 6.85. The number of likely N-dealkylation sites (tertiary alicyclic amines) is 1. The molecule has 5 nitrogen and oxygen atoms in total. The maximum absolute atomic E-state index is 12.8. The third-order valence-corrected chi connectivity index (χ3v) is 5.23. The van der Waals surface area contributed by atoms with Gasteiger partial charge in [0.15, 0.2) is 0 Å². The summed E-state index contributed by atoms with van der Waals surface area (Å²) < 4.78 is 0. The molecule has 0 bridgehead atoms. The van der Waals surface area contributed by atoms with Gasteiger partial charge in [0.05, 0.1) is 5.41 Å². The van der Waals surface area contributed by atoms with Crippen LogP contribution in [-0.4, -0.2) is 48.9 Å². The van der Waals surface area contributed by atoms with E-state index in [0.717, 1.165) is 45.3 Å². The molecule has 0 saturated carbocycles. The van der Waals surface area contributed by atoms with Gasteiger partial charge in [-0.15, -0.1) is 12.4 Å². The third-order valence-electron chi connectivity index (χ3n) is 5.23. The van der Waals surface area contributed by atoms with Gasteiger partial charge in [0.1, 0.15) is 0 Å². The van der Waals surface area contributed by atoms with Crippen molar-refractivity contribution >= 4 is 24.2 Å². The molecular formula is C19H28ClN3O2. The smallest absolute Gasteiger partial charge is 0.253 e. The van der Waals surface area contributed by atoms with E-state index in [2.05, 4.69) is 10.6 Å². The minimum absolute atomic E-state index is 0. The van der Waals surface area contributed by atoms with E-state index in [9.17, 15) is 9.59 Å². The Morgan fingerprint density at radius 3 is 2.56 bits per heavy atom. The Bertz CT molecular complexity index is 590. The lowest BCUT2D eigenvalue weighted by molar-refractivity contribution is -0.133. The quantitative estimate of drug-likeness (QED) is 0.863. The first-order valence-corrected chi connectivity index (χ1v) is 8.94. The first-order valence-electron chi connectivity index (χ1n) is 8.94. The van der Waals surface area contributed by atoms with Crippen molar-refractivity contribution < 1.29 is 9.59 Å². The van der Waals surface area contributed by atoms with Crippen LogP contribution in [0.2, 0.25) is 0 Å². The molecule has 2 heterocycles. The lowest BCUT2D eigenvalue weighted by Gasteiger charge is -2.40. The monoisotopic (exact) mass is 365 g/mol. The number of benzene rings is 1. The average molecular weight is 366 g/mol. The van der Waals surface area contributed by atoms with Gasteiger partial charge >= 0.3 is 0 Å². The highest BCUT2D eigenvalue weighted by Gasteiger charge is 2.40. The van der Waals surface area contributed by atoms with Crippen molar-refractivity contribution in [1.82, 2.24) is 15.5 Å². The number of hydrogen-bond acceptors (Lipinski definition) is 3. The molecule has 0 radical (unpaired) electrons. The van der Waals surface area contributed by atoms with Crippen molar-refractivity contribution in [2.75, 3.05) is 26.2 Å². The first kappa shape index (κ1) is 19.7. The van der Waals surface area contributed by atoms with Gasteiger partial charge in [-0.25, -0.2) is 0 Å². The number of nitrogens with one attached hydrogen (secondary N) is 2. The largest absolute Gasteiger partial charge is 0.353 e. The Morgan fingerprint density at radius 1 is 1.20 bits per heavy atom. The predicted molar refractivity (Wildman–Crippen MR) is 101 cm³/mol. The zero-order valence-electron chi connectivity index (χ0n) is 14.8. The molecule has 6 heteroatoms. The predicted octanol–water partition coefficient (Wildman–Crippen LogP) is 2.22. The minimum Gasteiger partial charge on any atom is -0.353 e. The van der Waals surface area contributed by atoms with Crippen LogP contribution in [0.3, 0.4) is 0 Å². The summed E-state index contributed by atoms with van der Waals surface area (Å²) in [7, 11) is 0. The lowest BCUT2D eigenvalue weighted by Crippen LogP contribution is -2.54. The molecule has 138 valence electrons. The summed E-state index contributed by atoms with van der Waals surface area (Å²) in [5.74, 6) is 0.121. The third kappa shape index (κ3) is 4.73. The van der Waals surface area contributed by atoms with E-state index in [1.165, 1.54) is 0 Å². The second-order valence-electron chi connectivity index (χ2n) is 7.25. The Hall–Kier alpha value is -1.59. The van der Waals surface area contributed by atoms with Crippen molar-refractivity contribution in [2.24, 2.45) is 5.41 Å². The van der Waals surface area contributed by atoms with Gasteiger partial charge in [-0.3, -0.25) is 9.59 Å². The molecule has 0 aliphatic carbocycles. The van der Waals surface area contributed by atoms with E-state index in [-0.39, 0.29) is 30.3 Å². The van der Waals surface area contributed by atoms with Crippen LogP contribution in [0.25, 0.3) is 0 Å². The van der Waals surface area contributed by atoms with Gasteiger partial charge in [-0.2, -0.15) is 0 Å². The number of rotatable bonds is 3. The fourth-order valence-electron chi connectivity index (χ4n) is 3.69. The van der Waals surface area contributed by atoms with Crippen molar-refractivity contribution in [1.29, 1.82) is 0 Å². The maximum atomic E-state index is 12.8. The van der Waals surface area contributed by atoms with Crippen LogP contribution < -0.4 is 10.6 Å². The number of nitrogens with zero attached hydrogens (tertiary/aromatic N) is 1. The van der Waals surface area contributed by atoms with E-state index >= 15 is 0 Å². The number of carbonyl (C=O) groups is 2. The first-order chi connectivity index (χ1) is 11.6. The molecule has 2 fully saturated rings. The second-order valence-corrected chi connectivity index (χ2v) is 7.25. The normalized spacial score (nSPS) is 24.3. The van der Waals surface area contributed by atoms with Crippen LogP contribution in [0.1, 0.15) is 43.0 Å². The van der Waals surface area contributed by atoms with E-state index in [1.54, 1.807) is 0 Å². The number of piperidine rings is 2. The van der Waals surface area contributed by atoms with Crippen LogP contribution in [0.5, 0.6) is 0 Å². The van der Waals surface area contributed by atoms with Crippen molar-refractivity contribution in [3.05, 3.63) is 35.9 Å². The highest BCUT2D eigenvalue weighted by molar-refractivity contribution is 5.95. The molecule has 2 amide bonds. The summed E-state index contributed by atoms with van der Waals surface area (Å²) in [5.41, 5.74) is 0.202. The second kappa shape index (κ2) is 8.68. The van der Waals surface area contributed by atoms with Crippen LogP contribution in [0.4, 0.5) is 0 Å². The molecular weight excluding hydrogens is 338 g/mol. The SMILES string of the molecule is CC1(C(=O)NC2CCNCC2)CCCN(C(=O)c2ccccc2)C1.Cl. The number of hydrogen-bond donors (Lipinski definition) is 2.